The largest absolute Gasteiger partial charge is 0.392 e. The summed E-state index contributed by atoms with van der Waals surface area (Å²) in [6.07, 6.45) is 1.89. The molecule has 0 aromatic heterocycles. The summed E-state index contributed by atoms with van der Waals surface area (Å²) in [6, 6.07) is 0. The molecule has 1 fully saturated rings. The summed E-state index contributed by atoms with van der Waals surface area (Å²) >= 11 is 5.07. The maximum Gasteiger partial charge on any atom is 0.239 e. The summed E-state index contributed by atoms with van der Waals surface area (Å²) < 4.78 is 0. The summed E-state index contributed by atoms with van der Waals surface area (Å²) in [5.41, 5.74) is 4.95. The van der Waals surface area contributed by atoms with Crippen LogP contribution in [0.25, 0.3) is 0 Å². The molecule has 18 heavy (non-hydrogen) atoms. The quantitative estimate of drug-likeness (QED) is 0.727. The number of nitrogens with zero attached hydrogens (tertiary/aromatic N) is 1. The van der Waals surface area contributed by atoms with E-state index in [1.54, 1.807) is 4.90 Å². The molecule has 0 atom stereocenters. The van der Waals surface area contributed by atoms with Gasteiger partial charge in [-0.3, -0.25) is 9.59 Å². The van der Waals surface area contributed by atoms with E-state index in [1.807, 2.05) is 13.8 Å². The highest BCUT2D eigenvalue weighted by atomic mass is 32.1. The molecule has 1 saturated heterocycles. The van der Waals surface area contributed by atoms with Crippen molar-refractivity contribution in [3.05, 3.63) is 0 Å². The van der Waals surface area contributed by atoms with Gasteiger partial charge in [-0.2, -0.15) is 0 Å². The monoisotopic (exact) mass is 271 g/mol. The molecule has 0 unspecified atom stereocenters. The minimum absolute atomic E-state index is 0.100. The number of nitrogens with two attached hydrogens (primary N) is 1. The molecule has 3 N–H and O–H groups in total. The van der Waals surface area contributed by atoms with E-state index in [0.29, 0.717) is 25.9 Å². The van der Waals surface area contributed by atoms with Crippen LogP contribution in [0.4, 0.5) is 0 Å². The lowest BCUT2D eigenvalue weighted by Gasteiger charge is -2.34. The third-order valence-electron chi connectivity index (χ3n) is 3.64. The molecule has 1 aliphatic rings. The third kappa shape index (κ3) is 2.80. The van der Waals surface area contributed by atoms with E-state index in [2.05, 4.69) is 5.32 Å². The number of rotatable bonds is 4. The highest BCUT2D eigenvalue weighted by Crippen LogP contribution is 2.29. The maximum absolute atomic E-state index is 12.6. The third-order valence-corrected chi connectivity index (χ3v) is 4.03. The van der Waals surface area contributed by atoms with Crippen LogP contribution in [-0.4, -0.2) is 41.3 Å². The van der Waals surface area contributed by atoms with Crippen LogP contribution >= 0.6 is 12.2 Å². The first-order chi connectivity index (χ1) is 8.47. The Balaban J connectivity index is 2.95. The lowest BCUT2D eigenvalue weighted by Crippen LogP contribution is -2.51. The Morgan fingerprint density at radius 3 is 2.61 bits per heavy atom. The van der Waals surface area contributed by atoms with Crippen LogP contribution in [-0.2, 0) is 9.59 Å². The fraction of sp³-hybridized carbons (Fsp3) is 0.750. The zero-order valence-corrected chi connectivity index (χ0v) is 11.8. The van der Waals surface area contributed by atoms with Crippen molar-refractivity contribution in [3.8, 4) is 0 Å². The molecular formula is C12H21N3O2S. The van der Waals surface area contributed by atoms with Crippen molar-refractivity contribution in [1.82, 2.24) is 10.2 Å². The molecule has 0 bridgehead atoms. The van der Waals surface area contributed by atoms with Gasteiger partial charge in [0.2, 0.25) is 11.8 Å². The summed E-state index contributed by atoms with van der Waals surface area (Å²) in [5.74, 6) is -0.234. The van der Waals surface area contributed by atoms with E-state index in [0.717, 1.165) is 6.42 Å². The van der Waals surface area contributed by atoms with Crippen LogP contribution in [0.1, 0.15) is 33.1 Å². The first-order valence-electron chi connectivity index (χ1n) is 6.34. The standard InChI is InChI=1S/C12H21N3O2S/c1-3-12(4-2,10(13)18)11(17)15-7-5-6-14-9(16)8-15/h3-8H2,1-2H3,(H2,13,18)(H,14,16). The normalized spacial score (nSPS) is 17.0. The molecule has 102 valence electrons. The highest BCUT2D eigenvalue weighted by molar-refractivity contribution is 7.80. The van der Waals surface area contributed by atoms with Gasteiger partial charge in [-0.1, -0.05) is 26.1 Å². The fourth-order valence-corrected chi connectivity index (χ4v) is 2.66. The number of hydrogen-bond acceptors (Lipinski definition) is 3. The average Bonchev–Trinajstić information content (AvgIpc) is 2.55. The van der Waals surface area contributed by atoms with Crippen LogP contribution in [0.3, 0.4) is 0 Å². The van der Waals surface area contributed by atoms with Crippen molar-refractivity contribution in [2.45, 2.75) is 33.1 Å². The van der Waals surface area contributed by atoms with Crippen LogP contribution in [0.15, 0.2) is 0 Å². The average molecular weight is 271 g/mol. The number of hydrogen-bond donors (Lipinski definition) is 2. The lowest BCUT2D eigenvalue weighted by atomic mass is 9.80. The maximum atomic E-state index is 12.6. The van der Waals surface area contributed by atoms with Gasteiger partial charge in [-0.15, -0.1) is 0 Å². The van der Waals surface area contributed by atoms with Gasteiger partial charge in [0.1, 0.15) is 0 Å². The van der Waals surface area contributed by atoms with Crippen LogP contribution in [0.5, 0.6) is 0 Å². The zero-order valence-electron chi connectivity index (χ0n) is 11.0. The molecule has 1 heterocycles. The van der Waals surface area contributed by atoms with E-state index >= 15 is 0 Å². The minimum atomic E-state index is -0.806. The molecule has 5 nitrogen and oxygen atoms in total. The molecule has 0 radical (unpaired) electrons. The Labute approximate surface area is 113 Å². The Hall–Kier alpha value is -1.17. The molecular weight excluding hydrogens is 250 g/mol. The Bertz CT molecular complexity index is 353. The van der Waals surface area contributed by atoms with Crippen LogP contribution in [0, 0.1) is 5.41 Å². The van der Waals surface area contributed by atoms with Crippen molar-refractivity contribution >= 4 is 29.0 Å². The predicted octanol–water partition coefficient (Wildman–Crippen LogP) is 0.427. The fourth-order valence-electron chi connectivity index (χ4n) is 2.29. The second-order valence-electron chi connectivity index (χ2n) is 4.58. The van der Waals surface area contributed by atoms with Gasteiger partial charge in [0.15, 0.2) is 0 Å². The second-order valence-corrected chi connectivity index (χ2v) is 5.02. The summed E-state index contributed by atoms with van der Waals surface area (Å²) in [7, 11) is 0. The van der Waals surface area contributed by atoms with Crippen molar-refractivity contribution in [3.63, 3.8) is 0 Å². The Kier molecular flexibility index (Phi) is 5.07. The number of nitrogens with one attached hydrogen (secondary N) is 1. The second kappa shape index (κ2) is 6.13. The van der Waals surface area contributed by atoms with Gasteiger partial charge in [-0.05, 0) is 19.3 Å². The smallest absolute Gasteiger partial charge is 0.239 e. The molecule has 2 amide bonds. The molecule has 0 aliphatic carbocycles. The first kappa shape index (κ1) is 14.9. The van der Waals surface area contributed by atoms with Crippen molar-refractivity contribution in [2.24, 2.45) is 11.1 Å². The van der Waals surface area contributed by atoms with E-state index in [9.17, 15) is 9.59 Å². The van der Waals surface area contributed by atoms with Gasteiger partial charge < -0.3 is 16.0 Å². The molecule has 1 rings (SSSR count). The summed E-state index contributed by atoms with van der Waals surface area (Å²) in [6.45, 7) is 5.09. The van der Waals surface area contributed by atoms with Gasteiger partial charge in [0.25, 0.3) is 0 Å². The predicted molar refractivity (Wildman–Crippen MR) is 74.0 cm³/mol. The highest BCUT2D eigenvalue weighted by Gasteiger charge is 2.41. The van der Waals surface area contributed by atoms with E-state index in [4.69, 9.17) is 18.0 Å². The molecule has 0 aromatic carbocycles. The Morgan fingerprint density at radius 2 is 2.11 bits per heavy atom. The topological polar surface area (TPSA) is 75.4 Å². The van der Waals surface area contributed by atoms with Crippen molar-refractivity contribution < 1.29 is 9.59 Å². The molecule has 6 heteroatoms. The summed E-state index contributed by atoms with van der Waals surface area (Å²) in [5, 5.41) is 2.75. The molecule has 0 aromatic rings. The van der Waals surface area contributed by atoms with Crippen molar-refractivity contribution in [2.75, 3.05) is 19.6 Å². The minimum Gasteiger partial charge on any atom is -0.392 e. The van der Waals surface area contributed by atoms with E-state index < -0.39 is 5.41 Å². The van der Waals surface area contributed by atoms with Crippen LogP contribution < -0.4 is 11.1 Å². The van der Waals surface area contributed by atoms with Gasteiger partial charge in [0, 0.05) is 13.1 Å². The van der Waals surface area contributed by atoms with E-state index in [-0.39, 0.29) is 23.3 Å². The molecule has 1 aliphatic heterocycles. The van der Waals surface area contributed by atoms with Gasteiger partial charge >= 0.3 is 0 Å². The van der Waals surface area contributed by atoms with E-state index in [1.165, 1.54) is 0 Å². The number of carbonyl (C=O) groups excluding carboxylic acids is 2. The number of amides is 2. The van der Waals surface area contributed by atoms with Gasteiger partial charge in [0.05, 0.1) is 16.9 Å². The number of thiocarbonyl (C=S) groups is 1. The number of carbonyl (C=O) groups is 2. The Morgan fingerprint density at radius 1 is 1.50 bits per heavy atom. The lowest BCUT2D eigenvalue weighted by molar-refractivity contribution is -0.141. The molecule has 0 spiro atoms. The first-order valence-corrected chi connectivity index (χ1v) is 6.74. The summed E-state index contributed by atoms with van der Waals surface area (Å²) in [4.78, 5) is 25.9. The SMILES string of the molecule is CCC(CC)(C(=O)N1CCCNC(=O)C1)C(N)=S. The van der Waals surface area contributed by atoms with Crippen LogP contribution in [0.2, 0.25) is 0 Å². The van der Waals surface area contributed by atoms with Gasteiger partial charge in [-0.25, -0.2) is 0 Å². The molecule has 0 saturated carbocycles. The zero-order chi connectivity index (χ0) is 13.8. The van der Waals surface area contributed by atoms with Crippen molar-refractivity contribution in [1.29, 1.82) is 0 Å².